The van der Waals surface area contributed by atoms with Crippen molar-refractivity contribution < 1.29 is 14.2 Å². The van der Waals surface area contributed by atoms with Crippen LogP contribution in [0, 0.1) is 0 Å². The number of aromatic nitrogens is 1. The Bertz CT molecular complexity index is 615. The van der Waals surface area contributed by atoms with Gasteiger partial charge in [-0.3, -0.25) is 0 Å². The van der Waals surface area contributed by atoms with Crippen LogP contribution in [0.5, 0.6) is 11.5 Å². The fourth-order valence-electron chi connectivity index (χ4n) is 2.28. The zero-order chi connectivity index (χ0) is 13.9. The number of pyridine rings is 1. The summed E-state index contributed by atoms with van der Waals surface area (Å²) in [6, 6.07) is 6.24. The minimum Gasteiger partial charge on any atom is -0.454 e. The maximum Gasteiger partial charge on any atom is 0.231 e. The molecule has 1 aliphatic rings. The molecule has 1 aromatic carbocycles. The summed E-state index contributed by atoms with van der Waals surface area (Å²) in [7, 11) is 1.71. The van der Waals surface area contributed by atoms with E-state index < -0.39 is 0 Å². The van der Waals surface area contributed by atoms with Crippen LogP contribution < -0.4 is 14.8 Å². The van der Waals surface area contributed by atoms with Crippen molar-refractivity contribution in [3.8, 4) is 11.5 Å². The molecule has 0 amide bonds. The molecule has 2 heterocycles. The van der Waals surface area contributed by atoms with Crippen LogP contribution in [0.1, 0.15) is 13.3 Å². The van der Waals surface area contributed by atoms with E-state index in [4.69, 9.17) is 14.2 Å². The predicted molar refractivity (Wildman–Crippen MR) is 77.4 cm³/mol. The van der Waals surface area contributed by atoms with Crippen LogP contribution >= 0.6 is 0 Å². The number of hydrogen-bond donors (Lipinski definition) is 1. The topological polar surface area (TPSA) is 52.6 Å². The molecular formula is C15H18N2O3. The van der Waals surface area contributed by atoms with Gasteiger partial charge in [-0.15, -0.1) is 0 Å². The summed E-state index contributed by atoms with van der Waals surface area (Å²) in [5.74, 6) is 2.43. The molecule has 3 rings (SSSR count). The molecule has 0 saturated heterocycles. The highest BCUT2D eigenvalue weighted by Gasteiger charge is 2.16. The van der Waals surface area contributed by atoms with Crippen molar-refractivity contribution in [2.24, 2.45) is 0 Å². The summed E-state index contributed by atoms with van der Waals surface area (Å²) in [4.78, 5) is 4.43. The Hall–Kier alpha value is -2.01. The van der Waals surface area contributed by atoms with Gasteiger partial charge >= 0.3 is 0 Å². The van der Waals surface area contributed by atoms with Crippen LogP contribution in [0.2, 0.25) is 0 Å². The van der Waals surface area contributed by atoms with Crippen molar-refractivity contribution in [1.29, 1.82) is 0 Å². The lowest BCUT2D eigenvalue weighted by atomic mass is 10.1. The summed E-state index contributed by atoms with van der Waals surface area (Å²) < 4.78 is 15.9. The molecule has 20 heavy (non-hydrogen) atoms. The second-order valence-electron chi connectivity index (χ2n) is 4.91. The number of nitrogens with one attached hydrogen (secondary N) is 1. The summed E-state index contributed by atoms with van der Waals surface area (Å²) in [5, 5.41) is 5.55. The molecule has 0 radical (unpaired) electrons. The normalized spacial score (nSPS) is 14.5. The highest BCUT2D eigenvalue weighted by molar-refractivity contribution is 5.94. The van der Waals surface area contributed by atoms with Gasteiger partial charge in [0.2, 0.25) is 6.79 Å². The molecule has 5 heteroatoms. The van der Waals surface area contributed by atoms with Gasteiger partial charge in [-0.1, -0.05) is 0 Å². The highest BCUT2D eigenvalue weighted by atomic mass is 16.7. The molecule has 0 bridgehead atoms. The predicted octanol–water partition coefficient (Wildman–Crippen LogP) is 2.80. The average molecular weight is 274 g/mol. The lowest BCUT2D eigenvalue weighted by Crippen LogP contribution is -2.18. The van der Waals surface area contributed by atoms with Crippen molar-refractivity contribution in [2.45, 2.75) is 19.4 Å². The summed E-state index contributed by atoms with van der Waals surface area (Å²) >= 11 is 0. The molecule has 106 valence electrons. The summed E-state index contributed by atoms with van der Waals surface area (Å²) in [5.41, 5.74) is 0. The van der Waals surface area contributed by atoms with Gasteiger partial charge in [0.1, 0.15) is 5.82 Å². The lowest BCUT2D eigenvalue weighted by molar-refractivity contribution is 0.174. The maximum absolute atomic E-state index is 5.43. The molecule has 1 unspecified atom stereocenters. The molecule has 2 aromatic rings. The molecule has 1 N–H and O–H groups in total. The van der Waals surface area contributed by atoms with E-state index in [0.29, 0.717) is 6.04 Å². The molecule has 0 spiro atoms. The van der Waals surface area contributed by atoms with Gasteiger partial charge in [-0.25, -0.2) is 4.98 Å². The molecule has 1 aliphatic heterocycles. The minimum atomic E-state index is 0.284. The number of ether oxygens (including phenoxy) is 3. The Morgan fingerprint density at radius 2 is 2.15 bits per heavy atom. The van der Waals surface area contributed by atoms with E-state index in [-0.39, 0.29) is 6.79 Å². The van der Waals surface area contributed by atoms with Gasteiger partial charge in [0.25, 0.3) is 0 Å². The van der Waals surface area contributed by atoms with E-state index >= 15 is 0 Å². The Morgan fingerprint density at radius 3 is 2.95 bits per heavy atom. The first kappa shape index (κ1) is 13.0. The van der Waals surface area contributed by atoms with Crippen LogP contribution in [0.15, 0.2) is 24.4 Å². The summed E-state index contributed by atoms with van der Waals surface area (Å²) in [6.45, 7) is 3.13. The average Bonchev–Trinajstić information content (AvgIpc) is 2.90. The number of hydrogen-bond acceptors (Lipinski definition) is 5. The number of rotatable bonds is 5. The van der Waals surface area contributed by atoms with Crippen molar-refractivity contribution in [3.05, 3.63) is 24.4 Å². The zero-order valence-corrected chi connectivity index (χ0v) is 11.7. The van der Waals surface area contributed by atoms with E-state index in [1.807, 2.05) is 18.2 Å². The Kier molecular flexibility index (Phi) is 3.60. The number of fused-ring (bicyclic) bond motifs is 2. The van der Waals surface area contributed by atoms with Gasteiger partial charge in [-0.05, 0) is 36.9 Å². The second-order valence-corrected chi connectivity index (χ2v) is 4.91. The number of benzene rings is 1. The number of methoxy groups -OCH3 is 1. The van der Waals surface area contributed by atoms with Crippen molar-refractivity contribution >= 4 is 16.6 Å². The van der Waals surface area contributed by atoms with Crippen LogP contribution in [-0.4, -0.2) is 31.5 Å². The SMILES string of the molecule is COCCC(C)Nc1nccc2cc3c(cc12)OCO3. The van der Waals surface area contributed by atoms with Gasteiger partial charge in [-0.2, -0.15) is 0 Å². The van der Waals surface area contributed by atoms with Gasteiger partial charge in [0, 0.05) is 31.3 Å². The fourth-order valence-corrected chi connectivity index (χ4v) is 2.28. The van der Waals surface area contributed by atoms with Crippen LogP contribution in [0.25, 0.3) is 10.8 Å². The van der Waals surface area contributed by atoms with E-state index in [1.54, 1.807) is 13.3 Å². The van der Waals surface area contributed by atoms with Gasteiger partial charge in [0.15, 0.2) is 11.5 Å². The van der Waals surface area contributed by atoms with Crippen LogP contribution in [-0.2, 0) is 4.74 Å². The van der Waals surface area contributed by atoms with E-state index in [1.165, 1.54) is 0 Å². The van der Waals surface area contributed by atoms with Crippen molar-refractivity contribution in [2.75, 3.05) is 25.8 Å². The molecule has 0 saturated carbocycles. The monoisotopic (exact) mass is 274 g/mol. The summed E-state index contributed by atoms with van der Waals surface area (Å²) in [6.07, 6.45) is 2.73. The Morgan fingerprint density at radius 1 is 1.35 bits per heavy atom. The first-order chi connectivity index (χ1) is 9.78. The number of anilines is 1. The maximum atomic E-state index is 5.43. The molecular weight excluding hydrogens is 256 g/mol. The minimum absolute atomic E-state index is 0.284. The first-order valence-corrected chi connectivity index (χ1v) is 6.72. The zero-order valence-electron chi connectivity index (χ0n) is 11.7. The third-order valence-electron chi connectivity index (χ3n) is 3.40. The Labute approximate surface area is 117 Å². The van der Waals surface area contributed by atoms with Crippen LogP contribution in [0.4, 0.5) is 5.82 Å². The quantitative estimate of drug-likeness (QED) is 0.908. The van der Waals surface area contributed by atoms with Gasteiger partial charge in [0.05, 0.1) is 0 Å². The molecule has 1 aromatic heterocycles. The third kappa shape index (κ3) is 2.49. The van der Waals surface area contributed by atoms with E-state index in [2.05, 4.69) is 17.2 Å². The number of nitrogens with zero attached hydrogens (tertiary/aromatic N) is 1. The van der Waals surface area contributed by atoms with Crippen molar-refractivity contribution in [1.82, 2.24) is 4.98 Å². The van der Waals surface area contributed by atoms with Gasteiger partial charge < -0.3 is 19.5 Å². The second kappa shape index (κ2) is 5.54. The van der Waals surface area contributed by atoms with E-state index in [0.717, 1.165) is 41.1 Å². The third-order valence-corrected chi connectivity index (χ3v) is 3.40. The Balaban J connectivity index is 1.91. The highest BCUT2D eigenvalue weighted by Crippen LogP contribution is 2.37. The smallest absolute Gasteiger partial charge is 0.231 e. The fraction of sp³-hybridized carbons (Fsp3) is 0.400. The molecule has 1 atom stereocenters. The molecule has 5 nitrogen and oxygen atoms in total. The standard InChI is InChI=1S/C15H18N2O3/c1-10(4-6-18-2)17-15-12-8-14-13(19-9-20-14)7-11(12)3-5-16-15/h3,5,7-8,10H,4,6,9H2,1-2H3,(H,16,17). The molecule has 0 fully saturated rings. The first-order valence-electron chi connectivity index (χ1n) is 6.72. The lowest BCUT2D eigenvalue weighted by Gasteiger charge is -2.15. The largest absolute Gasteiger partial charge is 0.454 e. The molecule has 0 aliphatic carbocycles. The van der Waals surface area contributed by atoms with Crippen molar-refractivity contribution in [3.63, 3.8) is 0 Å². The van der Waals surface area contributed by atoms with Crippen LogP contribution in [0.3, 0.4) is 0 Å². The van der Waals surface area contributed by atoms with E-state index in [9.17, 15) is 0 Å².